The van der Waals surface area contributed by atoms with Crippen LogP contribution in [-0.4, -0.2) is 26.3 Å². The third-order valence-electron chi connectivity index (χ3n) is 4.40. The number of alkyl halides is 3. The fourth-order valence-electron chi connectivity index (χ4n) is 2.95. The highest BCUT2D eigenvalue weighted by molar-refractivity contribution is 5.98. The van der Waals surface area contributed by atoms with Crippen molar-refractivity contribution in [1.29, 1.82) is 0 Å². The Morgan fingerprint density at radius 3 is 2.43 bits per heavy atom. The Morgan fingerprint density at radius 2 is 1.73 bits per heavy atom. The van der Waals surface area contributed by atoms with E-state index in [-0.39, 0.29) is 17.1 Å². The third-order valence-corrected chi connectivity index (χ3v) is 4.40. The fourth-order valence-corrected chi connectivity index (χ4v) is 2.95. The summed E-state index contributed by atoms with van der Waals surface area (Å²) in [7, 11) is 0. The van der Waals surface area contributed by atoms with Gasteiger partial charge in [-0.15, -0.1) is 10.2 Å². The lowest BCUT2D eigenvalue weighted by Gasteiger charge is -2.12. The molecule has 0 amide bonds. The molecule has 9 heteroatoms. The minimum absolute atomic E-state index is 0.131. The predicted molar refractivity (Wildman–Crippen MR) is 104 cm³/mol. The van der Waals surface area contributed by atoms with Crippen molar-refractivity contribution in [3.63, 3.8) is 0 Å². The molecule has 0 aliphatic carbocycles. The number of anilines is 2. The van der Waals surface area contributed by atoms with Gasteiger partial charge in [0.25, 0.3) is 0 Å². The average molecular weight is 410 g/mol. The lowest BCUT2D eigenvalue weighted by Crippen LogP contribution is -2.06. The van der Waals surface area contributed by atoms with Crippen molar-refractivity contribution in [2.45, 2.75) is 6.18 Å². The molecule has 4 rings (SSSR count). The zero-order valence-electron chi connectivity index (χ0n) is 15.2. The van der Waals surface area contributed by atoms with Gasteiger partial charge < -0.3 is 10.4 Å². The van der Waals surface area contributed by atoms with E-state index in [2.05, 4.69) is 20.5 Å². The number of carboxylic acid groups (broad SMARTS) is 1. The molecule has 2 N–H and O–H groups in total. The van der Waals surface area contributed by atoms with Crippen molar-refractivity contribution in [2.24, 2.45) is 0 Å². The van der Waals surface area contributed by atoms with Crippen LogP contribution in [0, 0.1) is 0 Å². The minimum atomic E-state index is -4.46. The Morgan fingerprint density at radius 1 is 0.967 bits per heavy atom. The lowest BCUT2D eigenvalue weighted by molar-refractivity contribution is -0.137. The maximum atomic E-state index is 13.0. The van der Waals surface area contributed by atoms with Crippen LogP contribution in [0.3, 0.4) is 0 Å². The molecule has 0 aliphatic heterocycles. The first kappa shape index (κ1) is 19.3. The van der Waals surface area contributed by atoms with Crippen molar-refractivity contribution in [3.05, 3.63) is 78.0 Å². The summed E-state index contributed by atoms with van der Waals surface area (Å²) < 4.78 is 38.9. The molecule has 0 aliphatic rings. The van der Waals surface area contributed by atoms with Crippen molar-refractivity contribution in [1.82, 2.24) is 15.2 Å². The van der Waals surface area contributed by atoms with Crippen LogP contribution in [-0.2, 0) is 6.18 Å². The highest BCUT2D eigenvalue weighted by Crippen LogP contribution is 2.33. The van der Waals surface area contributed by atoms with Gasteiger partial charge in [0.2, 0.25) is 0 Å². The third kappa shape index (κ3) is 3.77. The van der Waals surface area contributed by atoms with Crippen LogP contribution in [0.15, 0.2) is 66.9 Å². The van der Waals surface area contributed by atoms with Gasteiger partial charge >= 0.3 is 12.1 Å². The molecule has 0 radical (unpaired) electrons. The smallest absolute Gasteiger partial charge is 0.416 e. The Hall–Kier alpha value is -4.01. The van der Waals surface area contributed by atoms with E-state index in [0.29, 0.717) is 22.2 Å². The normalized spacial score (nSPS) is 11.4. The number of pyridine rings is 1. The predicted octanol–water partition coefficient (Wildman–Crippen LogP) is 5.15. The molecule has 0 unspecified atom stereocenters. The second kappa shape index (κ2) is 7.43. The number of halogens is 3. The van der Waals surface area contributed by atoms with Gasteiger partial charge in [-0.1, -0.05) is 18.2 Å². The number of benzene rings is 2. The number of nitrogens with one attached hydrogen (secondary N) is 1. The van der Waals surface area contributed by atoms with E-state index in [1.807, 2.05) is 0 Å². The van der Waals surface area contributed by atoms with Gasteiger partial charge in [-0.3, -0.25) is 4.98 Å². The first-order valence-corrected chi connectivity index (χ1v) is 8.72. The SMILES string of the molecule is O=C(O)c1ccc(-c2nnc(Nc3cccc(C(F)(F)F)c3)c3cccnc23)cc1. The summed E-state index contributed by atoms with van der Waals surface area (Å²) in [4.78, 5) is 15.4. The van der Waals surface area contributed by atoms with Gasteiger partial charge in [0.05, 0.1) is 11.1 Å². The Bertz CT molecular complexity index is 1240. The van der Waals surface area contributed by atoms with Crippen molar-refractivity contribution in [3.8, 4) is 11.3 Å². The fraction of sp³-hybridized carbons (Fsp3) is 0.0476. The molecule has 6 nitrogen and oxygen atoms in total. The molecule has 0 bridgehead atoms. The zero-order chi connectivity index (χ0) is 21.3. The largest absolute Gasteiger partial charge is 0.478 e. The van der Waals surface area contributed by atoms with Crippen LogP contribution in [0.4, 0.5) is 24.7 Å². The molecule has 0 atom stereocenters. The summed E-state index contributed by atoms with van der Waals surface area (Å²) in [5, 5.41) is 20.8. The van der Waals surface area contributed by atoms with E-state index in [0.717, 1.165) is 12.1 Å². The Kier molecular flexibility index (Phi) is 4.78. The van der Waals surface area contributed by atoms with Crippen LogP contribution in [0.25, 0.3) is 22.2 Å². The first-order valence-electron chi connectivity index (χ1n) is 8.72. The van der Waals surface area contributed by atoms with Gasteiger partial charge in [-0.05, 0) is 42.5 Å². The van der Waals surface area contributed by atoms with Crippen LogP contribution >= 0.6 is 0 Å². The Labute approximate surface area is 168 Å². The molecule has 30 heavy (non-hydrogen) atoms. The summed E-state index contributed by atoms with van der Waals surface area (Å²) in [6.45, 7) is 0. The molecule has 2 aromatic heterocycles. The molecule has 2 heterocycles. The number of hydrogen-bond donors (Lipinski definition) is 2. The molecule has 0 saturated carbocycles. The molecule has 0 fully saturated rings. The van der Waals surface area contributed by atoms with Gasteiger partial charge in [0.1, 0.15) is 11.2 Å². The van der Waals surface area contributed by atoms with Crippen molar-refractivity contribution < 1.29 is 23.1 Å². The molecular weight excluding hydrogens is 397 g/mol. The van der Waals surface area contributed by atoms with Crippen LogP contribution < -0.4 is 5.32 Å². The first-order chi connectivity index (χ1) is 14.3. The van der Waals surface area contributed by atoms with E-state index < -0.39 is 17.7 Å². The minimum Gasteiger partial charge on any atom is -0.478 e. The van der Waals surface area contributed by atoms with E-state index >= 15 is 0 Å². The van der Waals surface area contributed by atoms with Crippen molar-refractivity contribution >= 4 is 28.4 Å². The molecule has 150 valence electrons. The van der Waals surface area contributed by atoms with E-state index in [4.69, 9.17) is 5.11 Å². The van der Waals surface area contributed by atoms with Gasteiger partial charge in [0.15, 0.2) is 5.82 Å². The number of rotatable bonds is 4. The summed E-state index contributed by atoms with van der Waals surface area (Å²) in [5.41, 5.74) is 1.08. The number of hydrogen-bond acceptors (Lipinski definition) is 5. The average Bonchev–Trinajstić information content (AvgIpc) is 2.74. The van der Waals surface area contributed by atoms with Crippen LogP contribution in [0.5, 0.6) is 0 Å². The van der Waals surface area contributed by atoms with Crippen molar-refractivity contribution in [2.75, 3.05) is 5.32 Å². The maximum Gasteiger partial charge on any atom is 0.416 e. The van der Waals surface area contributed by atoms with Gasteiger partial charge in [0, 0.05) is 22.8 Å². The second-order valence-corrected chi connectivity index (χ2v) is 6.38. The zero-order valence-corrected chi connectivity index (χ0v) is 15.2. The number of carbonyl (C=O) groups is 1. The lowest BCUT2D eigenvalue weighted by atomic mass is 10.1. The second-order valence-electron chi connectivity index (χ2n) is 6.38. The monoisotopic (exact) mass is 410 g/mol. The Balaban J connectivity index is 1.75. The van der Waals surface area contributed by atoms with Crippen LogP contribution in [0.1, 0.15) is 15.9 Å². The standard InChI is InChI=1S/C21H13F3N4O2/c22-21(23,24)14-3-1-4-15(11-14)26-19-16-5-2-10-25-18(16)17(27-28-19)12-6-8-13(9-7-12)20(29)30/h1-11H,(H,26,28)(H,29,30). The maximum absolute atomic E-state index is 13.0. The molecular formula is C21H13F3N4O2. The number of nitrogens with zero attached hydrogens (tertiary/aromatic N) is 3. The summed E-state index contributed by atoms with van der Waals surface area (Å²) >= 11 is 0. The number of aromatic carboxylic acids is 1. The number of fused-ring (bicyclic) bond motifs is 1. The number of aromatic nitrogens is 3. The van der Waals surface area contributed by atoms with Gasteiger partial charge in [-0.2, -0.15) is 13.2 Å². The summed E-state index contributed by atoms with van der Waals surface area (Å²) in [5.74, 6) is -0.792. The molecule has 0 spiro atoms. The van der Waals surface area contributed by atoms with E-state index in [1.165, 1.54) is 24.3 Å². The highest BCUT2D eigenvalue weighted by Gasteiger charge is 2.30. The summed E-state index contributed by atoms with van der Waals surface area (Å²) in [6.07, 6.45) is -2.90. The van der Waals surface area contributed by atoms with E-state index in [1.54, 1.807) is 30.5 Å². The van der Waals surface area contributed by atoms with Gasteiger partial charge in [-0.25, -0.2) is 4.79 Å². The molecule has 4 aromatic rings. The number of carboxylic acids is 1. The summed E-state index contributed by atoms with van der Waals surface area (Å²) in [6, 6.07) is 14.3. The molecule has 2 aromatic carbocycles. The molecule has 0 saturated heterocycles. The quantitative estimate of drug-likeness (QED) is 0.484. The topological polar surface area (TPSA) is 88.0 Å². The van der Waals surface area contributed by atoms with Crippen LogP contribution in [0.2, 0.25) is 0 Å². The highest BCUT2D eigenvalue weighted by atomic mass is 19.4. The van der Waals surface area contributed by atoms with E-state index in [9.17, 15) is 18.0 Å².